The molecule has 3 aromatic rings. The first-order valence-corrected chi connectivity index (χ1v) is 21.4. The van der Waals surface area contributed by atoms with E-state index < -0.39 is 116 Å². The average molecular weight is 886 g/mol. The van der Waals surface area contributed by atoms with Crippen molar-refractivity contribution in [3.63, 3.8) is 0 Å². The molecule has 6 heterocycles. The van der Waals surface area contributed by atoms with Gasteiger partial charge in [0.2, 0.25) is 0 Å². The van der Waals surface area contributed by atoms with Crippen LogP contribution in [0.5, 0.6) is 0 Å². The van der Waals surface area contributed by atoms with Crippen LogP contribution in [0.25, 0.3) is 0 Å². The fourth-order valence-corrected chi connectivity index (χ4v) is 8.41. The standard InChI is InChI=1S/C27H38N9O19P3/c28-19-1-4-34(25(38)31-19)22-7-13(37)16(51-22)10-49-57(44,45)55-15-9-24(36-6-3-21(30)33-27(36)40)53-18(15)12-50-58(46,47)54-14-8-23(35-5-2-20(29)32-26(35)39)52-17(14)11-48-56(41,42)43/h1-6,13-18,22-24,37H,7-12H2,(H,44,45)(H,46,47)(H2,28,31,38)(H2,29,32,39)(H2,30,33,40)(H2,41,42,43)/t13-,14-,15-,16+,17+,18+,22+,23+,24+/m0/s1. The van der Waals surface area contributed by atoms with Crippen LogP contribution in [0.15, 0.2) is 51.2 Å². The summed E-state index contributed by atoms with van der Waals surface area (Å²) < 4.78 is 83.4. The highest BCUT2D eigenvalue weighted by molar-refractivity contribution is 7.47. The highest BCUT2D eigenvalue weighted by Gasteiger charge is 2.47. The number of rotatable bonds is 16. The topological polar surface area (TPSA) is 409 Å². The Balaban J connectivity index is 1.13. The molecule has 11 N–H and O–H groups in total. The molecule has 3 aromatic heterocycles. The lowest BCUT2D eigenvalue weighted by atomic mass is 10.2. The first-order chi connectivity index (χ1) is 27.1. The molecule has 0 saturated carbocycles. The molecule has 2 unspecified atom stereocenters. The van der Waals surface area contributed by atoms with Crippen LogP contribution < -0.4 is 34.3 Å². The molecule has 0 aromatic carbocycles. The van der Waals surface area contributed by atoms with Gasteiger partial charge in [0.25, 0.3) is 0 Å². The minimum absolute atomic E-state index is 0.0458. The number of hydrogen-bond acceptors (Lipinski definition) is 21. The fourth-order valence-electron chi connectivity index (χ4n) is 6.14. The van der Waals surface area contributed by atoms with Gasteiger partial charge >= 0.3 is 40.5 Å². The summed E-state index contributed by atoms with van der Waals surface area (Å²) in [5.74, 6) is -0.297. The highest BCUT2D eigenvalue weighted by atomic mass is 31.2. The van der Waals surface area contributed by atoms with Gasteiger partial charge in [-0.05, 0) is 18.2 Å². The van der Waals surface area contributed by atoms with Gasteiger partial charge in [-0.2, -0.15) is 15.0 Å². The van der Waals surface area contributed by atoms with Gasteiger partial charge in [0, 0.05) is 37.9 Å². The SMILES string of the molecule is Nc1ccn([C@H]2C[C@H](OP(=O)(O)OC[C@H]3O[C@@H](n4ccc(N)nc4=O)C[C@@H]3OP(=O)(O)OC[C@H]3O[C@@H](n4ccc(N)nc4=O)C[C@@H]3O)[C@@H](COP(=O)(O)O)O2)c(=O)n1. The van der Waals surface area contributed by atoms with Crippen molar-refractivity contribution in [2.45, 2.75) is 74.6 Å². The van der Waals surface area contributed by atoms with Crippen LogP contribution >= 0.6 is 23.5 Å². The molecule has 28 nitrogen and oxygen atoms in total. The van der Waals surface area contributed by atoms with E-state index in [-0.39, 0.29) is 36.7 Å². The number of aliphatic hydroxyl groups excluding tert-OH is 1. The zero-order chi connectivity index (χ0) is 42.2. The quantitative estimate of drug-likeness (QED) is 0.0710. The Kier molecular flexibility index (Phi) is 13.2. The number of anilines is 3. The van der Waals surface area contributed by atoms with E-state index in [0.717, 1.165) is 13.7 Å². The van der Waals surface area contributed by atoms with E-state index in [1.165, 1.54) is 36.8 Å². The van der Waals surface area contributed by atoms with E-state index in [1.807, 2.05) is 0 Å². The third kappa shape index (κ3) is 11.1. The van der Waals surface area contributed by atoms with E-state index in [0.29, 0.717) is 0 Å². The number of nitrogens with two attached hydrogens (primary N) is 3. The van der Waals surface area contributed by atoms with Gasteiger partial charge in [0.05, 0.1) is 25.9 Å². The summed E-state index contributed by atoms with van der Waals surface area (Å²) in [6.07, 6.45) is -9.17. The zero-order valence-corrected chi connectivity index (χ0v) is 32.3. The Hall–Kier alpha value is -3.79. The Bertz CT molecular complexity index is 2290. The van der Waals surface area contributed by atoms with Crippen molar-refractivity contribution in [3.05, 3.63) is 68.2 Å². The monoisotopic (exact) mass is 885 g/mol. The lowest BCUT2D eigenvalue weighted by molar-refractivity contribution is -0.0616. The first kappa shape index (κ1) is 43.8. The van der Waals surface area contributed by atoms with Gasteiger partial charge < -0.3 is 56.1 Å². The van der Waals surface area contributed by atoms with Crippen molar-refractivity contribution in [1.82, 2.24) is 28.7 Å². The van der Waals surface area contributed by atoms with Gasteiger partial charge in [0.15, 0.2) is 0 Å². The average Bonchev–Trinajstić information content (AvgIpc) is 3.81. The molecule has 0 spiro atoms. The van der Waals surface area contributed by atoms with Crippen LogP contribution in [-0.2, 0) is 50.5 Å². The maximum Gasteiger partial charge on any atom is 0.472 e. The molecule has 0 radical (unpaired) electrons. The number of phosphoric ester groups is 3. The van der Waals surface area contributed by atoms with Crippen LogP contribution in [0.3, 0.4) is 0 Å². The summed E-state index contributed by atoms with van der Waals surface area (Å²) >= 11 is 0. The van der Waals surface area contributed by atoms with Crippen LogP contribution in [0.4, 0.5) is 17.5 Å². The Morgan fingerprint density at radius 3 is 1.33 bits per heavy atom. The number of hydrogen-bond donors (Lipinski definition) is 8. The largest absolute Gasteiger partial charge is 0.472 e. The van der Waals surface area contributed by atoms with E-state index in [2.05, 4.69) is 19.5 Å². The van der Waals surface area contributed by atoms with Crippen molar-refractivity contribution < 1.29 is 75.2 Å². The number of aromatic nitrogens is 6. The molecular formula is C27H38N9O19P3. The van der Waals surface area contributed by atoms with Crippen LogP contribution in [0.2, 0.25) is 0 Å². The minimum Gasteiger partial charge on any atom is -0.390 e. The number of phosphoric acid groups is 3. The highest BCUT2D eigenvalue weighted by Crippen LogP contribution is 2.52. The van der Waals surface area contributed by atoms with Gasteiger partial charge in [-0.3, -0.25) is 36.3 Å². The van der Waals surface area contributed by atoms with E-state index in [4.69, 9.17) is 49.5 Å². The molecule has 3 aliphatic heterocycles. The first-order valence-electron chi connectivity index (χ1n) is 16.9. The second-order valence-electron chi connectivity index (χ2n) is 12.9. The predicted octanol–water partition coefficient (Wildman–Crippen LogP) is -2.16. The molecule has 6 rings (SSSR count). The summed E-state index contributed by atoms with van der Waals surface area (Å²) in [4.78, 5) is 87.9. The summed E-state index contributed by atoms with van der Waals surface area (Å²) in [6.45, 7) is -2.51. The third-order valence-electron chi connectivity index (χ3n) is 8.80. The van der Waals surface area contributed by atoms with Crippen molar-refractivity contribution in [2.75, 3.05) is 37.0 Å². The summed E-state index contributed by atoms with van der Waals surface area (Å²) in [7, 11) is -15.4. The van der Waals surface area contributed by atoms with E-state index in [9.17, 15) is 52.8 Å². The summed E-state index contributed by atoms with van der Waals surface area (Å²) in [6, 6.07) is 3.84. The number of nitrogens with zero attached hydrogens (tertiary/aromatic N) is 6. The van der Waals surface area contributed by atoms with Crippen LogP contribution in [-0.4, -0.2) is 110 Å². The third-order valence-corrected chi connectivity index (χ3v) is 11.3. The minimum atomic E-state index is -5.22. The maximum atomic E-state index is 13.3. The second kappa shape index (κ2) is 17.4. The molecule has 3 saturated heterocycles. The van der Waals surface area contributed by atoms with Crippen LogP contribution in [0, 0.1) is 0 Å². The smallest absolute Gasteiger partial charge is 0.390 e. The molecule has 11 atom stereocenters. The number of nitrogen functional groups attached to an aromatic ring is 3. The molecule has 3 fully saturated rings. The Labute approximate surface area is 324 Å². The van der Waals surface area contributed by atoms with Crippen molar-refractivity contribution in [3.8, 4) is 0 Å². The molecule has 3 aliphatic rings. The summed E-state index contributed by atoms with van der Waals surface area (Å²) in [5.41, 5.74) is 14.1. The predicted molar refractivity (Wildman–Crippen MR) is 190 cm³/mol. The van der Waals surface area contributed by atoms with Crippen molar-refractivity contribution >= 4 is 40.9 Å². The number of ether oxygens (including phenoxy) is 3. The maximum absolute atomic E-state index is 13.3. The van der Waals surface area contributed by atoms with Crippen molar-refractivity contribution in [1.29, 1.82) is 0 Å². The van der Waals surface area contributed by atoms with E-state index >= 15 is 0 Å². The molecule has 0 aliphatic carbocycles. The number of aliphatic hydroxyl groups is 1. The molecule has 0 amide bonds. The Morgan fingerprint density at radius 1 is 0.603 bits per heavy atom. The lowest BCUT2D eigenvalue weighted by Gasteiger charge is -2.24. The molecule has 31 heteroatoms. The zero-order valence-electron chi connectivity index (χ0n) is 29.6. The van der Waals surface area contributed by atoms with Gasteiger partial charge in [-0.1, -0.05) is 0 Å². The molecule has 320 valence electrons. The van der Waals surface area contributed by atoms with Gasteiger partial charge in [0.1, 0.15) is 66.7 Å². The van der Waals surface area contributed by atoms with Gasteiger partial charge in [-0.25, -0.2) is 28.1 Å². The molecule has 58 heavy (non-hydrogen) atoms. The van der Waals surface area contributed by atoms with Crippen LogP contribution in [0.1, 0.15) is 37.9 Å². The fraction of sp³-hybridized carbons (Fsp3) is 0.556. The second-order valence-corrected chi connectivity index (χ2v) is 16.9. The lowest BCUT2D eigenvalue weighted by Crippen LogP contribution is -2.31. The molecule has 0 bridgehead atoms. The normalized spacial score (nSPS) is 29.6. The van der Waals surface area contributed by atoms with Gasteiger partial charge in [-0.15, -0.1) is 0 Å². The molecular weight excluding hydrogens is 847 g/mol. The summed E-state index contributed by atoms with van der Waals surface area (Å²) in [5, 5.41) is 10.5. The Morgan fingerprint density at radius 2 is 0.948 bits per heavy atom. The van der Waals surface area contributed by atoms with E-state index in [1.54, 1.807) is 0 Å². The van der Waals surface area contributed by atoms with Crippen molar-refractivity contribution in [2.24, 2.45) is 0 Å².